The number of esters is 1. The van der Waals surface area contributed by atoms with Gasteiger partial charge in [0.2, 0.25) is 0 Å². The Bertz CT molecular complexity index is 1020. The zero-order chi connectivity index (χ0) is 31.2. The van der Waals surface area contributed by atoms with Crippen LogP contribution in [0.5, 0.6) is 11.5 Å². The Hall–Kier alpha value is -2.93. The second-order valence-electron chi connectivity index (χ2n) is 12.1. The van der Waals surface area contributed by atoms with E-state index in [9.17, 15) is 4.79 Å². The molecule has 240 valence electrons. The fraction of sp³-hybridized carbons (Fsp3) is 0.639. The van der Waals surface area contributed by atoms with Gasteiger partial charge < -0.3 is 18.7 Å². The highest BCUT2D eigenvalue weighted by Gasteiger charge is 2.21. The first kappa shape index (κ1) is 36.3. The summed E-state index contributed by atoms with van der Waals surface area (Å²) >= 11 is 0. The van der Waals surface area contributed by atoms with Crippen LogP contribution in [0, 0.1) is 5.92 Å². The Kier molecular flexibility index (Phi) is 18.3. The van der Waals surface area contributed by atoms with Crippen LogP contribution < -0.4 is 9.47 Å². The topological polar surface area (TPSA) is 69.5 Å². The van der Waals surface area contributed by atoms with Crippen LogP contribution in [0.1, 0.15) is 97.8 Å². The molecule has 0 heterocycles. The maximum absolute atomic E-state index is 13.0. The van der Waals surface area contributed by atoms with Gasteiger partial charge in [0.05, 0.1) is 38.0 Å². The van der Waals surface area contributed by atoms with Crippen molar-refractivity contribution in [2.24, 2.45) is 16.1 Å². The van der Waals surface area contributed by atoms with Gasteiger partial charge in [-0.1, -0.05) is 78.1 Å². The molecule has 43 heavy (non-hydrogen) atoms. The summed E-state index contributed by atoms with van der Waals surface area (Å²) in [5.41, 5.74) is 1.54. The lowest BCUT2D eigenvalue weighted by Gasteiger charge is -2.29. The zero-order valence-corrected chi connectivity index (χ0v) is 27.7. The lowest BCUT2D eigenvalue weighted by molar-refractivity contribution is -0.890. The smallest absolute Gasteiger partial charge is 0.309 e. The molecule has 0 saturated carbocycles. The summed E-state index contributed by atoms with van der Waals surface area (Å²) in [6.07, 6.45) is 14.2. The highest BCUT2D eigenvalue weighted by Crippen LogP contribution is 2.24. The molecule has 7 heteroatoms. The molecule has 1 atom stereocenters. The van der Waals surface area contributed by atoms with E-state index in [0.29, 0.717) is 19.8 Å². The van der Waals surface area contributed by atoms with Crippen LogP contribution in [-0.4, -0.2) is 57.5 Å². The molecule has 0 radical (unpaired) electrons. The van der Waals surface area contributed by atoms with E-state index in [0.717, 1.165) is 66.1 Å². The first-order valence-electron chi connectivity index (χ1n) is 16.7. The zero-order valence-electron chi connectivity index (χ0n) is 27.7. The van der Waals surface area contributed by atoms with Gasteiger partial charge in [-0.05, 0) is 68.3 Å². The molecular weight excluding hydrogens is 538 g/mol. The van der Waals surface area contributed by atoms with Gasteiger partial charge in [-0.3, -0.25) is 4.79 Å². The van der Waals surface area contributed by atoms with Crippen molar-refractivity contribution in [3.8, 4) is 11.5 Å². The average molecular weight is 597 g/mol. The standard InChI is InChI=1S/C36H58N3O4/c1-6-9-11-13-14-16-18-31(17-15-12-10-7-2)36(40)43-30-28-39(4,5)27-29-42-35-25-21-33(22-26-35)38-37-32-19-23-34(24-20-32)41-8-3/h19-26,31H,6-18,27-30H2,1-5H3/q+1. The summed E-state index contributed by atoms with van der Waals surface area (Å²) in [6, 6.07) is 15.2. The number of hydrogen-bond donors (Lipinski definition) is 0. The molecule has 0 bridgehead atoms. The fourth-order valence-corrected chi connectivity index (χ4v) is 4.90. The van der Waals surface area contributed by atoms with Crippen molar-refractivity contribution < 1.29 is 23.5 Å². The van der Waals surface area contributed by atoms with Crippen LogP contribution >= 0.6 is 0 Å². The molecule has 2 rings (SSSR count). The predicted molar refractivity (Wildman–Crippen MR) is 177 cm³/mol. The molecule has 0 aliphatic carbocycles. The number of likely N-dealkylation sites (N-methyl/N-ethyl adjacent to an activating group) is 1. The molecule has 0 spiro atoms. The van der Waals surface area contributed by atoms with E-state index in [4.69, 9.17) is 14.2 Å². The number of benzene rings is 2. The minimum absolute atomic E-state index is 0.000990. The molecule has 0 saturated heterocycles. The van der Waals surface area contributed by atoms with Gasteiger partial charge in [0.25, 0.3) is 0 Å². The highest BCUT2D eigenvalue weighted by atomic mass is 16.5. The number of carbonyl (C=O) groups is 1. The molecule has 0 aliphatic rings. The van der Waals surface area contributed by atoms with Gasteiger partial charge in [-0.15, -0.1) is 0 Å². The first-order chi connectivity index (χ1) is 20.9. The minimum atomic E-state index is 0.000990. The van der Waals surface area contributed by atoms with Crippen molar-refractivity contribution in [2.45, 2.75) is 97.8 Å². The van der Waals surface area contributed by atoms with E-state index >= 15 is 0 Å². The normalized spacial score (nSPS) is 12.4. The van der Waals surface area contributed by atoms with E-state index in [1.165, 1.54) is 51.4 Å². The van der Waals surface area contributed by atoms with Gasteiger partial charge >= 0.3 is 5.97 Å². The quantitative estimate of drug-likeness (QED) is 0.0523. The number of rotatable bonds is 24. The van der Waals surface area contributed by atoms with Crippen molar-refractivity contribution in [1.29, 1.82) is 0 Å². The Balaban J connectivity index is 1.71. The lowest BCUT2D eigenvalue weighted by Crippen LogP contribution is -2.45. The molecular formula is C36H58N3O4+. The third-order valence-electron chi connectivity index (χ3n) is 7.82. The number of hydrogen-bond acceptors (Lipinski definition) is 6. The molecule has 0 amide bonds. The lowest BCUT2D eigenvalue weighted by atomic mass is 9.94. The SMILES string of the molecule is CCCCCCCCC(CCCCCC)C(=O)OCC[N+](C)(C)CCOc1ccc(N=Nc2ccc(OCC)cc2)cc1. The summed E-state index contributed by atoms with van der Waals surface area (Å²) in [7, 11) is 4.31. The molecule has 0 aliphatic heterocycles. The summed E-state index contributed by atoms with van der Waals surface area (Å²) in [4.78, 5) is 13.0. The number of quaternary nitrogens is 1. The van der Waals surface area contributed by atoms with E-state index in [-0.39, 0.29) is 11.9 Å². The Morgan fingerprint density at radius 1 is 0.651 bits per heavy atom. The number of unbranched alkanes of at least 4 members (excludes halogenated alkanes) is 8. The Morgan fingerprint density at radius 2 is 1.12 bits per heavy atom. The number of ether oxygens (including phenoxy) is 3. The van der Waals surface area contributed by atoms with Gasteiger partial charge in [-0.2, -0.15) is 10.2 Å². The Morgan fingerprint density at radius 3 is 1.65 bits per heavy atom. The molecule has 0 fully saturated rings. The molecule has 2 aromatic carbocycles. The van der Waals surface area contributed by atoms with Gasteiger partial charge in [0.1, 0.15) is 37.8 Å². The van der Waals surface area contributed by atoms with Crippen molar-refractivity contribution in [3.63, 3.8) is 0 Å². The van der Waals surface area contributed by atoms with Gasteiger partial charge in [0.15, 0.2) is 0 Å². The van der Waals surface area contributed by atoms with Crippen LogP contribution in [0.2, 0.25) is 0 Å². The van der Waals surface area contributed by atoms with Gasteiger partial charge in [0, 0.05) is 0 Å². The van der Waals surface area contributed by atoms with Crippen molar-refractivity contribution in [1.82, 2.24) is 0 Å². The summed E-state index contributed by atoms with van der Waals surface area (Å²) in [5, 5.41) is 8.61. The first-order valence-corrected chi connectivity index (χ1v) is 16.7. The maximum atomic E-state index is 13.0. The van der Waals surface area contributed by atoms with E-state index < -0.39 is 0 Å². The third kappa shape index (κ3) is 16.5. The van der Waals surface area contributed by atoms with Crippen molar-refractivity contribution in [3.05, 3.63) is 48.5 Å². The van der Waals surface area contributed by atoms with Crippen molar-refractivity contribution in [2.75, 3.05) is 47.0 Å². The highest BCUT2D eigenvalue weighted by molar-refractivity contribution is 5.72. The predicted octanol–water partition coefficient (Wildman–Crippen LogP) is 9.84. The molecule has 7 nitrogen and oxygen atoms in total. The van der Waals surface area contributed by atoms with E-state index in [1.807, 2.05) is 55.5 Å². The fourth-order valence-electron chi connectivity index (χ4n) is 4.90. The molecule has 1 unspecified atom stereocenters. The molecule has 0 aromatic heterocycles. The Labute approximate surface area is 261 Å². The minimum Gasteiger partial charge on any atom is -0.494 e. The van der Waals surface area contributed by atoms with Crippen molar-refractivity contribution >= 4 is 17.3 Å². The van der Waals surface area contributed by atoms with Crippen LogP contribution in [0.15, 0.2) is 58.8 Å². The molecule has 2 aromatic rings. The second-order valence-corrected chi connectivity index (χ2v) is 12.1. The van der Waals surface area contributed by atoms with Crippen LogP contribution in [0.3, 0.4) is 0 Å². The second kappa shape index (κ2) is 21.7. The van der Waals surface area contributed by atoms with Crippen LogP contribution in [0.4, 0.5) is 11.4 Å². The summed E-state index contributed by atoms with van der Waals surface area (Å²) < 4.78 is 18.0. The number of carbonyl (C=O) groups excluding carboxylic acids is 1. The maximum Gasteiger partial charge on any atom is 0.309 e. The van der Waals surface area contributed by atoms with Crippen LogP contribution in [0.25, 0.3) is 0 Å². The summed E-state index contributed by atoms with van der Waals surface area (Å²) in [5.74, 6) is 1.67. The van der Waals surface area contributed by atoms with Crippen LogP contribution in [-0.2, 0) is 9.53 Å². The van der Waals surface area contributed by atoms with E-state index in [2.05, 4.69) is 38.2 Å². The monoisotopic (exact) mass is 596 g/mol. The average Bonchev–Trinajstić information content (AvgIpc) is 3.00. The number of azo groups is 1. The number of nitrogens with zero attached hydrogens (tertiary/aromatic N) is 3. The molecule has 0 N–H and O–H groups in total. The largest absolute Gasteiger partial charge is 0.494 e. The third-order valence-corrected chi connectivity index (χ3v) is 7.82. The summed E-state index contributed by atoms with van der Waals surface area (Å²) in [6.45, 7) is 9.67. The van der Waals surface area contributed by atoms with E-state index in [1.54, 1.807) is 0 Å². The van der Waals surface area contributed by atoms with Gasteiger partial charge in [-0.25, -0.2) is 0 Å².